The minimum atomic E-state index is -0.921. The number of hydrogen-bond acceptors (Lipinski definition) is 6. The fourth-order valence-electron chi connectivity index (χ4n) is 4.19. The first kappa shape index (κ1) is 25.8. The van der Waals surface area contributed by atoms with Gasteiger partial charge in [-0.1, -0.05) is 31.4 Å². The van der Waals surface area contributed by atoms with Crippen LogP contribution in [0.1, 0.15) is 56.6 Å². The van der Waals surface area contributed by atoms with Crippen LogP contribution >= 0.6 is 11.3 Å². The zero-order valence-electron chi connectivity index (χ0n) is 19.3. The number of benzene rings is 1. The number of ether oxygens (including phenoxy) is 1. The first-order chi connectivity index (χ1) is 16.5. The molecule has 1 heterocycles. The van der Waals surface area contributed by atoms with Gasteiger partial charge in [0.1, 0.15) is 11.9 Å². The Morgan fingerprint density at radius 3 is 2.56 bits per heavy atom. The molecule has 1 aromatic carbocycles. The number of methoxy groups -OCH3 is 1. The SMILES string of the molecule is COCCNC(=O)C(c1ccc(F)cc1)N(C(=O)CCC(=O)Nc1nccs1)C1CCCCC1. The maximum absolute atomic E-state index is 13.6. The van der Waals surface area contributed by atoms with Gasteiger partial charge in [0.15, 0.2) is 5.13 Å². The van der Waals surface area contributed by atoms with E-state index in [1.54, 1.807) is 16.5 Å². The first-order valence-electron chi connectivity index (χ1n) is 11.5. The summed E-state index contributed by atoms with van der Waals surface area (Å²) in [5.74, 6) is -1.36. The third kappa shape index (κ3) is 7.33. The Kier molecular flexibility index (Phi) is 9.96. The highest BCUT2D eigenvalue weighted by molar-refractivity contribution is 7.13. The lowest BCUT2D eigenvalue weighted by molar-refractivity contribution is -0.145. The molecule has 1 aliphatic rings. The number of carbonyl (C=O) groups excluding carboxylic acids is 3. The van der Waals surface area contributed by atoms with Gasteiger partial charge in [-0.05, 0) is 30.5 Å². The highest BCUT2D eigenvalue weighted by Crippen LogP contribution is 2.32. The predicted molar refractivity (Wildman–Crippen MR) is 128 cm³/mol. The van der Waals surface area contributed by atoms with Crippen LogP contribution in [0.2, 0.25) is 0 Å². The second kappa shape index (κ2) is 13.1. The van der Waals surface area contributed by atoms with Crippen LogP contribution in [-0.2, 0) is 19.1 Å². The molecule has 34 heavy (non-hydrogen) atoms. The molecule has 184 valence electrons. The Morgan fingerprint density at radius 2 is 1.91 bits per heavy atom. The molecule has 1 atom stereocenters. The van der Waals surface area contributed by atoms with E-state index in [0.717, 1.165) is 32.1 Å². The van der Waals surface area contributed by atoms with Crippen LogP contribution < -0.4 is 10.6 Å². The quantitative estimate of drug-likeness (QED) is 0.468. The van der Waals surface area contributed by atoms with E-state index in [1.807, 2.05) is 0 Å². The molecule has 0 saturated heterocycles. The molecule has 1 fully saturated rings. The van der Waals surface area contributed by atoms with Crippen molar-refractivity contribution in [3.05, 3.63) is 47.2 Å². The van der Waals surface area contributed by atoms with Crippen molar-refractivity contribution in [3.8, 4) is 0 Å². The van der Waals surface area contributed by atoms with Crippen molar-refractivity contribution in [1.82, 2.24) is 15.2 Å². The number of anilines is 1. The van der Waals surface area contributed by atoms with Crippen molar-refractivity contribution in [2.24, 2.45) is 0 Å². The Morgan fingerprint density at radius 1 is 1.18 bits per heavy atom. The van der Waals surface area contributed by atoms with E-state index in [2.05, 4.69) is 15.6 Å². The normalized spacial score (nSPS) is 14.9. The summed E-state index contributed by atoms with van der Waals surface area (Å²) in [6, 6.07) is 4.59. The van der Waals surface area contributed by atoms with Crippen molar-refractivity contribution in [2.75, 3.05) is 25.6 Å². The van der Waals surface area contributed by atoms with Crippen molar-refractivity contribution < 1.29 is 23.5 Å². The second-order valence-electron chi connectivity index (χ2n) is 8.22. The lowest BCUT2D eigenvalue weighted by Crippen LogP contribution is -2.49. The smallest absolute Gasteiger partial charge is 0.247 e. The molecule has 2 aromatic rings. The Labute approximate surface area is 202 Å². The van der Waals surface area contributed by atoms with Crippen molar-refractivity contribution >= 4 is 34.2 Å². The molecule has 1 aliphatic carbocycles. The Balaban J connectivity index is 1.82. The Bertz CT molecular complexity index is 933. The molecule has 0 spiro atoms. The van der Waals surface area contributed by atoms with Crippen molar-refractivity contribution in [3.63, 3.8) is 0 Å². The molecular weight excluding hydrogens is 459 g/mol. The number of thiazole rings is 1. The van der Waals surface area contributed by atoms with E-state index >= 15 is 0 Å². The number of nitrogens with zero attached hydrogens (tertiary/aromatic N) is 2. The molecule has 1 saturated carbocycles. The van der Waals surface area contributed by atoms with E-state index in [9.17, 15) is 18.8 Å². The largest absolute Gasteiger partial charge is 0.383 e. The maximum Gasteiger partial charge on any atom is 0.247 e. The lowest BCUT2D eigenvalue weighted by Gasteiger charge is -2.39. The predicted octanol–water partition coefficient (Wildman–Crippen LogP) is 3.67. The molecule has 0 aliphatic heterocycles. The number of rotatable bonds is 11. The van der Waals surface area contributed by atoms with Gasteiger partial charge in [0.05, 0.1) is 6.61 Å². The number of halogens is 1. The van der Waals surface area contributed by atoms with Crippen LogP contribution in [0.25, 0.3) is 0 Å². The molecule has 1 unspecified atom stereocenters. The summed E-state index contributed by atoms with van der Waals surface area (Å²) in [5, 5.41) is 7.74. The maximum atomic E-state index is 13.6. The summed E-state index contributed by atoms with van der Waals surface area (Å²) in [6.07, 6.45) is 6.07. The molecule has 10 heteroatoms. The van der Waals surface area contributed by atoms with Crippen molar-refractivity contribution in [1.29, 1.82) is 0 Å². The highest BCUT2D eigenvalue weighted by Gasteiger charge is 2.36. The monoisotopic (exact) mass is 490 g/mol. The molecule has 8 nitrogen and oxygen atoms in total. The van der Waals surface area contributed by atoms with Crippen LogP contribution in [0.3, 0.4) is 0 Å². The topological polar surface area (TPSA) is 101 Å². The second-order valence-corrected chi connectivity index (χ2v) is 9.11. The number of aromatic nitrogens is 1. The van der Waals surface area contributed by atoms with Gasteiger partial charge in [-0.2, -0.15) is 0 Å². The molecule has 2 N–H and O–H groups in total. The minimum absolute atomic E-state index is 0.0247. The molecule has 3 rings (SSSR count). The van der Waals surface area contributed by atoms with Crippen LogP contribution in [0.15, 0.2) is 35.8 Å². The molecule has 1 aromatic heterocycles. The zero-order valence-corrected chi connectivity index (χ0v) is 20.1. The molecule has 0 radical (unpaired) electrons. The third-order valence-corrected chi connectivity index (χ3v) is 6.51. The van der Waals surface area contributed by atoms with Crippen LogP contribution in [0, 0.1) is 5.82 Å². The van der Waals surface area contributed by atoms with E-state index in [1.165, 1.54) is 42.7 Å². The van der Waals surface area contributed by atoms with Gasteiger partial charge in [-0.3, -0.25) is 14.4 Å². The fraction of sp³-hybridized carbons (Fsp3) is 0.500. The highest BCUT2D eigenvalue weighted by atomic mass is 32.1. The van der Waals surface area contributed by atoms with Crippen LogP contribution in [0.5, 0.6) is 0 Å². The number of hydrogen-bond donors (Lipinski definition) is 2. The fourth-order valence-corrected chi connectivity index (χ4v) is 4.74. The van der Waals surface area contributed by atoms with Gasteiger partial charge in [-0.25, -0.2) is 9.37 Å². The third-order valence-electron chi connectivity index (χ3n) is 5.82. The average Bonchev–Trinajstić information content (AvgIpc) is 3.35. The summed E-state index contributed by atoms with van der Waals surface area (Å²) in [6.45, 7) is 0.617. The summed E-state index contributed by atoms with van der Waals surface area (Å²) in [4.78, 5) is 44.8. The molecule has 3 amide bonds. The summed E-state index contributed by atoms with van der Waals surface area (Å²) in [5.41, 5.74) is 0.530. The lowest BCUT2D eigenvalue weighted by atomic mass is 9.91. The van der Waals surface area contributed by atoms with Crippen molar-refractivity contribution in [2.45, 2.75) is 57.0 Å². The van der Waals surface area contributed by atoms with Gasteiger partial charge < -0.3 is 20.3 Å². The summed E-state index contributed by atoms with van der Waals surface area (Å²) >= 11 is 1.30. The van der Waals surface area contributed by atoms with E-state index in [0.29, 0.717) is 17.3 Å². The zero-order chi connectivity index (χ0) is 24.3. The number of nitrogens with one attached hydrogen (secondary N) is 2. The van der Waals surface area contributed by atoms with E-state index in [4.69, 9.17) is 4.74 Å². The van der Waals surface area contributed by atoms with Crippen LogP contribution in [-0.4, -0.2) is 53.9 Å². The number of carbonyl (C=O) groups is 3. The number of amides is 3. The van der Waals surface area contributed by atoms with E-state index in [-0.39, 0.29) is 43.1 Å². The Hall–Kier alpha value is -2.85. The van der Waals surface area contributed by atoms with Crippen LogP contribution in [0.4, 0.5) is 9.52 Å². The standard InChI is InChI=1S/C24H31FN4O4S/c1-33-15-13-26-23(32)22(17-7-9-18(25)10-8-17)29(19-5-3-2-4-6-19)21(31)12-11-20(30)28-24-27-14-16-34-24/h7-10,14,16,19,22H,2-6,11-13,15H2,1H3,(H,26,32)(H,27,28,30). The van der Waals surface area contributed by atoms with Gasteiger partial charge in [0.25, 0.3) is 0 Å². The minimum Gasteiger partial charge on any atom is -0.383 e. The van der Waals surface area contributed by atoms with Gasteiger partial charge in [-0.15, -0.1) is 11.3 Å². The first-order valence-corrected chi connectivity index (χ1v) is 12.4. The summed E-state index contributed by atoms with van der Waals surface area (Å²) < 4.78 is 18.7. The van der Waals surface area contributed by atoms with Gasteiger partial charge >= 0.3 is 0 Å². The van der Waals surface area contributed by atoms with E-state index < -0.39 is 11.9 Å². The van der Waals surface area contributed by atoms with Gasteiger partial charge in [0.2, 0.25) is 17.7 Å². The molecular formula is C24H31FN4O4S. The molecule has 0 bridgehead atoms. The average molecular weight is 491 g/mol. The van der Waals surface area contributed by atoms with Gasteiger partial charge in [0, 0.05) is 44.1 Å². The summed E-state index contributed by atoms with van der Waals surface area (Å²) in [7, 11) is 1.54.